The molecule has 1 aliphatic heterocycles. The Hall–Kier alpha value is -2.93. The summed E-state index contributed by atoms with van der Waals surface area (Å²) in [6, 6.07) is 13.3. The van der Waals surface area contributed by atoms with Crippen LogP contribution in [0.5, 0.6) is 5.75 Å². The van der Waals surface area contributed by atoms with Gasteiger partial charge in [-0.2, -0.15) is 0 Å². The summed E-state index contributed by atoms with van der Waals surface area (Å²) in [5.74, 6) is 0.429. The number of carbonyl (C=O) groups excluding carboxylic acids is 2. The quantitative estimate of drug-likeness (QED) is 0.633. The van der Waals surface area contributed by atoms with E-state index in [0.29, 0.717) is 25.4 Å². The molecule has 0 bridgehead atoms. The van der Waals surface area contributed by atoms with E-state index in [4.69, 9.17) is 4.74 Å². The highest BCUT2D eigenvalue weighted by Gasteiger charge is 2.31. The molecule has 3 rings (SSSR count). The molecule has 0 aliphatic carbocycles. The third kappa shape index (κ3) is 6.06. The number of amides is 2. The average Bonchev–Trinajstić information content (AvgIpc) is 2.73. The number of carbonyl (C=O) groups is 2. The predicted octanol–water partition coefficient (Wildman–Crippen LogP) is 1.01. The van der Waals surface area contributed by atoms with Gasteiger partial charge in [0.1, 0.15) is 12.4 Å². The first-order valence-corrected chi connectivity index (χ1v) is 9.57. The lowest BCUT2D eigenvalue weighted by molar-refractivity contribution is -0.133. The van der Waals surface area contributed by atoms with Crippen LogP contribution in [0.1, 0.15) is 12.0 Å². The second-order valence-corrected chi connectivity index (χ2v) is 6.67. The van der Waals surface area contributed by atoms with E-state index in [-0.39, 0.29) is 18.2 Å². The van der Waals surface area contributed by atoms with E-state index in [1.54, 1.807) is 18.5 Å². The highest BCUT2D eigenvalue weighted by atomic mass is 16.5. The van der Waals surface area contributed by atoms with E-state index in [0.717, 1.165) is 19.5 Å². The van der Waals surface area contributed by atoms with Crippen molar-refractivity contribution >= 4 is 11.8 Å². The second kappa shape index (κ2) is 10.4. The molecule has 28 heavy (non-hydrogen) atoms. The van der Waals surface area contributed by atoms with Crippen LogP contribution in [-0.4, -0.2) is 60.5 Å². The van der Waals surface area contributed by atoms with Gasteiger partial charge in [-0.15, -0.1) is 0 Å². The fourth-order valence-corrected chi connectivity index (χ4v) is 3.21. The minimum atomic E-state index is -0.434. The maximum absolute atomic E-state index is 12.3. The molecule has 7 nitrogen and oxygen atoms in total. The zero-order valence-electron chi connectivity index (χ0n) is 15.8. The van der Waals surface area contributed by atoms with Crippen LogP contribution in [0.2, 0.25) is 0 Å². The van der Waals surface area contributed by atoms with Gasteiger partial charge in [0.05, 0.1) is 25.2 Å². The molecule has 1 unspecified atom stereocenters. The zero-order valence-corrected chi connectivity index (χ0v) is 15.8. The summed E-state index contributed by atoms with van der Waals surface area (Å²) in [5.41, 5.74) is 1.23. The maximum Gasteiger partial charge on any atom is 0.237 e. The molecule has 0 saturated carbocycles. The van der Waals surface area contributed by atoms with Crippen molar-refractivity contribution in [3.05, 3.63) is 60.4 Å². The number of nitrogens with zero attached hydrogens (tertiary/aromatic N) is 2. The van der Waals surface area contributed by atoms with Crippen molar-refractivity contribution in [1.29, 1.82) is 0 Å². The monoisotopic (exact) mass is 382 g/mol. The van der Waals surface area contributed by atoms with E-state index in [1.165, 1.54) is 5.56 Å². The van der Waals surface area contributed by atoms with Crippen molar-refractivity contribution < 1.29 is 14.3 Å². The molecule has 7 heteroatoms. The van der Waals surface area contributed by atoms with E-state index in [9.17, 15) is 9.59 Å². The first-order valence-electron chi connectivity index (χ1n) is 9.57. The highest BCUT2D eigenvalue weighted by molar-refractivity contribution is 5.88. The lowest BCUT2D eigenvalue weighted by Crippen LogP contribution is -2.57. The zero-order chi connectivity index (χ0) is 19.6. The van der Waals surface area contributed by atoms with E-state index in [1.807, 2.05) is 24.3 Å². The standard InChI is InChI=1S/C21H26N4O3/c26-20(23-11-14-28-18-7-4-9-22-16-18)15-19-21(27)24-10-13-25(19)12-8-17-5-2-1-3-6-17/h1-7,9,16,19H,8,10-15H2,(H,23,26)(H,24,27). The number of nitrogens with one attached hydrogen (secondary N) is 2. The topological polar surface area (TPSA) is 83.6 Å². The van der Waals surface area contributed by atoms with Gasteiger partial charge in [-0.1, -0.05) is 30.3 Å². The number of rotatable bonds is 9. The molecule has 1 atom stereocenters. The fraction of sp³-hybridized carbons (Fsp3) is 0.381. The summed E-state index contributed by atoms with van der Waals surface area (Å²) in [6.45, 7) is 2.85. The van der Waals surface area contributed by atoms with Gasteiger partial charge in [0.25, 0.3) is 0 Å². The molecule has 0 spiro atoms. The normalized spacial score (nSPS) is 17.0. The minimum absolute atomic E-state index is 0.0823. The highest BCUT2D eigenvalue weighted by Crippen LogP contribution is 2.11. The van der Waals surface area contributed by atoms with Crippen LogP contribution in [0, 0.1) is 0 Å². The molecule has 2 amide bonds. The van der Waals surface area contributed by atoms with Crippen LogP contribution >= 0.6 is 0 Å². The fourth-order valence-electron chi connectivity index (χ4n) is 3.21. The largest absolute Gasteiger partial charge is 0.490 e. The second-order valence-electron chi connectivity index (χ2n) is 6.67. The molecule has 1 fully saturated rings. The minimum Gasteiger partial charge on any atom is -0.490 e. The van der Waals surface area contributed by atoms with Crippen LogP contribution in [0.3, 0.4) is 0 Å². The Labute approximate surface area is 165 Å². The smallest absolute Gasteiger partial charge is 0.237 e. The molecule has 1 saturated heterocycles. The van der Waals surface area contributed by atoms with Crippen LogP contribution < -0.4 is 15.4 Å². The van der Waals surface area contributed by atoms with Gasteiger partial charge in [0.15, 0.2) is 0 Å². The summed E-state index contributed by atoms with van der Waals surface area (Å²) in [7, 11) is 0. The molecule has 1 aromatic heterocycles. The van der Waals surface area contributed by atoms with Crippen molar-refractivity contribution in [2.75, 3.05) is 32.8 Å². The molecular weight excluding hydrogens is 356 g/mol. The summed E-state index contributed by atoms with van der Waals surface area (Å²) >= 11 is 0. The third-order valence-electron chi connectivity index (χ3n) is 4.68. The third-order valence-corrected chi connectivity index (χ3v) is 4.68. The lowest BCUT2D eigenvalue weighted by atomic mass is 10.1. The van der Waals surface area contributed by atoms with Gasteiger partial charge < -0.3 is 15.4 Å². The maximum atomic E-state index is 12.3. The Balaban J connectivity index is 1.44. The Morgan fingerprint density at radius 3 is 2.89 bits per heavy atom. The molecule has 2 N–H and O–H groups in total. The van der Waals surface area contributed by atoms with Crippen molar-refractivity contribution in [2.45, 2.75) is 18.9 Å². The van der Waals surface area contributed by atoms with Gasteiger partial charge in [-0.05, 0) is 24.1 Å². The Morgan fingerprint density at radius 1 is 1.25 bits per heavy atom. The van der Waals surface area contributed by atoms with Gasteiger partial charge in [-0.25, -0.2) is 0 Å². The number of benzene rings is 1. The van der Waals surface area contributed by atoms with Gasteiger partial charge in [0, 0.05) is 25.8 Å². The van der Waals surface area contributed by atoms with Crippen LogP contribution in [0.15, 0.2) is 54.9 Å². The SMILES string of the molecule is O=C(CC1C(=O)NCCN1CCc1ccccc1)NCCOc1cccnc1. The molecule has 2 aromatic rings. The molecule has 1 aromatic carbocycles. The summed E-state index contributed by atoms with van der Waals surface area (Å²) in [6.07, 6.45) is 4.30. The van der Waals surface area contributed by atoms with Crippen LogP contribution in [0.25, 0.3) is 0 Å². The molecule has 1 aliphatic rings. The average molecular weight is 382 g/mol. The summed E-state index contributed by atoms with van der Waals surface area (Å²) < 4.78 is 5.51. The first-order chi connectivity index (χ1) is 13.7. The Morgan fingerprint density at radius 2 is 2.11 bits per heavy atom. The van der Waals surface area contributed by atoms with Crippen molar-refractivity contribution in [2.24, 2.45) is 0 Å². The van der Waals surface area contributed by atoms with Gasteiger partial charge in [-0.3, -0.25) is 19.5 Å². The Bertz CT molecular complexity index is 755. The van der Waals surface area contributed by atoms with Crippen molar-refractivity contribution in [1.82, 2.24) is 20.5 Å². The molecule has 2 heterocycles. The number of pyridine rings is 1. The van der Waals surface area contributed by atoms with Gasteiger partial charge in [0.2, 0.25) is 11.8 Å². The van der Waals surface area contributed by atoms with Gasteiger partial charge >= 0.3 is 0 Å². The number of piperazine rings is 1. The molecular formula is C21H26N4O3. The number of hydrogen-bond acceptors (Lipinski definition) is 5. The predicted molar refractivity (Wildman–Crippen MR) is 106 cm³/mol. The van der Waals surface area contributed by atoms with E-state index in [2.05, 4.69) is 32.7 Å². The summed E-state index contributed by atoms with van der Waals surface area (Å²) in [5, 5.41) is 5.69. The van der Waals surface area contributed by atoms with Crippen molar-refractivity contribution in [3.63, 3.8) is 0 Å². The van der Waals surface area contributed by atoms with Crippen molar-refractivity contribution in [3.8, 4) is 5.75 Å². The van der Waals surface area contributed by atoms with Crippen LogP contribution in [0.4, 0.5) is 0 Å². The number of aromatic nitrogens is 1. The first kappa shape index (κ1) is 19.8. The number of ether oxygens (including phenoxy) is 1. The lowest BCUT2D eigenvalue weighted by Gasteiger charge is -2.34. The van der Waals surface area contributed by atoms with Crippen LogP contribution in [-0.2, 0) is 16.0 Å². The number of hydrogen-bond donors (Lipinski definition) is 2. The summed E-state index contributed by atoms with van der Waals surface area (Å²) in [4.78, 5) is 30.7. The van der Waals surface area contributed by atoms with E-state index >= 15 is 0 Å². The molecule has 148 valence electrons. The molecule has 0 radical (unpaired) electrons. The van der Waals surface area contributed by atoms with E-state index < -0.39 is 6.04 Å². The Kier molecular flexibility index (Phi) is 7.37.